The number of para-hydroxylation sites is 1. The fourth-order valence-corrected chi connectivity index (χ4v) is 1.80. The normalized spacial score (nSPS) is 17.9. The summed E-state index contributed by atoms with van der Waals surface area (Å²) < 4.78 is 5.44. The topological polar surface area (TPSA) is 41.5 Å². The predicted molar refractivity (Wildman–Crippen MR) is 66.8 cm³/mol. The number of aliphatic hydroxyl groups is 1. The highest BCUT2D eigenvalue weighted by molar-refractivity contribution is 5.22. The molecule has 3 nitrogen and oxygen atoms in total. The molecule has 0 aromatic heterocycles. The van der Waals surface area contributed by atoms with Crippen molar-refractivity contribution in [2.24, 2.45) is 0 Å². The molecule has 0 aliphatic carbocycles. The molecule has 0 radical (unpaired) electrons. The summed E-state index contributed by atoms with van der Waals surface area (Å²) in [5, 5.41) is 13.3. The van der Waals surface area contributed by atoms with Gasteiger partial charge in [-0.1, -0.05) is 30.0 Å². The molecule has 1 aromatic carbocycles. The second-order valence-electron chi connectivity index (χ2n) is 4.19. The zero-order valence-corrected chi connectivity index (χ0v) is 9.78. The molecule has 1 aliphatic heterocycles. The van der Waals surface area contributed by atoms with Crippen LogP contribution in [0.1, 0.15) is 12.8 Å². The van der Waals surface area contributed by atoms with Gasteiger partial charge in [0.1, 0.15) is 18.0 Å². The molecule has 0 saturated carbocycles. The van der Waals surface area contributed by atoms with Gasteiger partial charge in [0.15, 0.2) is 0 Å². The standard InChI is InChI=1S/C14H17NO2/c16-14(8-10-15-11-9-14)7-4-12-17-13-5-2-1-3-6-13/h1-3,5-6,15-16H,8-12H2. The number of rotatable bonds is 2. The molecule has 90 valence electrons. The molecule has 0 unspecified atom stereocenters. The van der Waals surface area contributed by atoms with Gasteiger partial charge in [-0.15, -0.1) is 0 Å². The lowest BCUT2D eigenvalue weighted by atomic mass is 9.93. The van der Waals surface area contributed by atoms with Crippen molar-refractivity contribution in [3.63, 3.8) is 0 Å². The van der Waals surface area contributed by atoms with Crippen molar-refractivity contribution in [2.45, 2.75) is 18.4 Å². The summed E-state index contributed by atoms with van der Waals surface area (Å²) in [6.45, 7) is 1.97. The van der Waals surface area contributed by atoms with Gasteiger partial charge >= 0.3 is 0 Å². The third kappa shape index (κ3) is 3.77. The largest absolute Gasteiger partial charge is 0.481 e. The van der Waals surface area contributed by atoms with Crippen LogP contribution in [0.3, 0.4) is 0 Å². The predicted octanol–water partition coefficient (Wildman–Crippen LogP) is 1.18. The van der Waals surface area contributed by atoms with Crippen molar-refractivity contribution >= 4 is 0 Å². The van der Waals surface area contributed by atoms with E-state index in [-0.39, 0.29) is 0 Å². The molecule has 2 rings (SSSR count). The van der Waals surface area contributed by atoms with E-state index >= 15 is 0 Å². The van der Waals surface area contributed by atoms with Crippen LogP contribution in [0.5, 0.6) is 5.75 Å². The van der Waals surface area contributed by atoms with Crippen LogP contribution in [0.4, 0.5) is 0 Å². The van der Waals surface area contributed by atoms with Crippen LogP contribution in [-0.4, -0.2) is 30.4 Å². The van der Waals surface area contributed by atoms with Gasteiger partial charge in [-0.25, -0.2) is 0 Å². The van der Waals surface area contributed by atoms with E-state index < -0.39 is 5.60 Å². The summed E-state index contributed by atoms with van der Waals surface area (Å²) in [6.07, 6.45) is 1.37. The van der Waals surface area contributed by atoms with Crippen molar-refractivity contribution < 1.29 is 9.84 Å². The van der Waals surface area contributed by atoms with E-state index in [1.165, 1.54) is 0 Å². The molecule has 1 aromatic rings. The Hall–Kier alpha value is -1.50. The highest BCUT2D eigenvalue weighted by atomic mass is 16.5. The SMILES string of the molecule is OC1(C#CCOc2ccccc2)CCNCC1. The maximum Gasteiger partial charge on any atom is 0.149 e. The van der Waals surface area contributed by atoms with Gasteiger partial charge in [0.2, 0.25) is 0 Å². The minimum Gasteiger partial charge on any atom is -0.481 e. The summed E-state index contributed by atoms with van der Waals surface area (Å²) in [7, 11) is 0. The third-order valence-electron chi connectivity index (χ3n) is 2.81. The monoisotopic (exact) mass is 231 g/mol. The first-order valence-corrected chi connectivity index (χ1v) is 5.89. The number of hydrogen-bond donors (Lipinski definition) is 2. The molecule has 1 saturated heterocycles. The quantitative estimate of drug-likeness (QED) is 0.751. The average molecular weight is 231 g/mol. The molecule has 0 atom stereocenters. The van der Waals surface area contributed by atoms with Gasteiger partial charge in [-0.3, -0.25) is 0 Å². The van der Waals surface area contributed by atoms with Crippen molar-refractivity contribution in [3.8, 4) is 17.6 Å². The van der Waals surface area contributed by atoms with Gasteiger partial charge in [0.05, 0.1) is 0 Å². The molecule has 0 bridgehead atoms. The molecular weight excluding hydrogens is 214 g/mol. The first kappa shape index (κ1) is 12.0. The Morgan fingerprint density at radius 3 is 2.65 bits per heavy atom. The average Bonchev–Trinajstić information content (AvgIpc) is 2.37. The van der Waals surface area contributed by atoms with Crippen LogP contribution in [0.25, 0.3) is 0 Å². The van der Waals surface area contributed by atoms with Crippen molar-refractivity contribution in [1.82, 2.24) is 5.32 Å². The van der Waals surface area contributed by atoms with Crippen molar-refractivity contribution in [1.29, 1.82) is 0 Å². The van der Waals surface area contributed by atoms with E-state index in [0.29, 0.717) is 19.4 Å². The fraction of sp³-hybridized carbons (Fsp3) is 0.429. The Kier molecular flexibility index (Phi) is 4.03. The molecular formula is C14H17NO2. The second-order valence-corrected chi connectivity index (χ2v) is 4.19. The lowest BCUT2D eigenvalue weighted by molar-refractivity contribution is 0.0677. The maximum atomic E-state index is 10.1. The Bertz CT molecular complexity index is 399. The summed E-state index contributed by atoms with van der Waals surface area (Å²) in [4.78, 5) is 0. The summed E-state index contributed by atoms with van der Waals surface area (Å²) in [5.41, 5.74) is -0.828. The fourth-order valence-electron chi connectivity index (χ4n) is 1.80. The summed E-state index contributed by atoms with van der Waals surface area (Å²) in [6, 6.07) is 9.56. The third-order valence-corrected chi connectivity index (χ3v) is 2.81. The molecule has 0 amide bonds. The van der Waals surface area contributed by atoms with Gasteiger partial charge in [-0.05, 0) is 38.1 Å². The highest BCUT2D eigenvalue weighted by Crippen LogP contribution is 2.16. The number of piperidine rings is 1. The molecule has 3 heteroatoms. The zero-order chi connectivity index (χ0) is 12.0. The molecule has 1 heterocycles. The van der Waals surface area contributed by atoms with E-state index in [9.17, 15) is 5.11 Å². The summed E-state index contributed by atoms with van der Waals surface area (Å²) >= 11 is 0. The number of nitrogens with one attached hydrogen (secondary N) is 1. The van der Waals surface area contributed by atoms with Gasteiger partial charge < -0.3 is 15.2 Å². The van der Waals surface area contributed by atoms with Crippen molar-refractivity contribution in [3.05, 3.63) is 30.3 Å². The Morgan fingerprint density at radius 1 is 1.24 bits per heavy atom. The summed E-state index contributed by atoms with van der Waals surface area (Å²) in [5.74, 6) is 6.61. The van der Waals surface area contributed by atoms with Crippen LogP contribution >= 0.6 is 0 Å². The van der Waals surface area contributed by atoms with E-state index in [2.05, 4.69) is 17.2 Å². The maximum absolute atomic E-state index is 10.1. The smallest absolute Gasteiger partial charge is 0.149 e. The van der Waals surface area contributed by atoms with E-state index in [4.69, 9.17) is 4.74 Å². The molecule has 1 fully saturated rings. The van der Waals surface area contributed by atoms with Crippen molar-refractivity contribution in [2.75, 3.05) is 19.7 Å². The van der Waals surface area contributed by atoms with E-state index in [0.717, 1.165) is 18.8 Å². The van der Waals surface area contributed by atoms with Crippen LogP contribution in [0, 0.1) is 11.8 Å². The lowest BCUT2D eigenvalue weighted by Gasteiger charge is -2.27. The molecule has 2 N–H and O–H groups in total. The first-order valence-electron chi connectivity index (χ1n) is 5.89. The first-order chi connectivity index (χ1) is 8.29. The Morgan fingerprint density at radius 2 is 1.94 bits per heavy atom. The minimum atomic E-state index is -0.828. The zero-order valence-electron chi connectivity index (χ0n) is 9.78. The van der Waals surface area contributed by atoms with Crippen LogP contribution < -0.4 is 10.1 Å². The van der Waals surface area contributed by atoms with Gasteiger partial charge in [-0.2, -0.15) is 0 Å². The van der Waals surface area contributed by atoms with E-state index in [1.807, 2.05) is 30.3 Å². The number of benzene rings is 1. The van der Waals surface area contributed by atoms with Crippen LogP contribution in [0.15, 0.2) is 30.3 Å². The molecule has 17 heavy (non-hydrogen) atoms. The number of hydrogen-bond acceptors (Lipinski definition) is 3. The molecule has 0 spiro atoms. The van der Waals surface area contributed by atoms with Crippen LogP contribution in [-0.2, 0) is 0 Å². The lowest BCUT2D eigenvalue weighted by Crippen LogP contribution is -2.40. The van der Waals surface area contributed by atoms with E-state index in [1.54, 1.807) is 0 Å². The van der Waals surface area contributed by atoms with Gasteiger partial charge in [0, 0.05) is 0 Å². The molecule has 1 aliphatic rings. The second kappa shape index (κ2) is 5.72. The minimum absolute atomic E-state index is 0.319. The Balaban J connectivity index is 1.82. The van der Waals surface area contributed by atoms with Crippen LogP contribution in [0.2, 0.25) is 0 Å². The highest BCUT2D eigenvalue weighted by Gasteiger charge is 2.26. The Labute approximate surface area is 102 Å². The number of ether oxygens (including phenoxy) is 1. The van der Waals surface area contributed by atoms with Gasteiger partial charge in [0.25, 0.3) is 0 Å².